The second-order valence-corrected chi connectivity index (χ2v) is 6.21. The largest absolute Gasteiger partial charge is 0.493 e. The van der Waals surface area contributed by atoms with Gasteiger partial charge in [0.1, 0.15) is 11.6 Å². The number of allylic oxidation sites excluding steroid dienone is 1. The molecule has 0 aliphatic heterocycles. The van der Waals surface area contributed by atoms with Gasteiger partial charge in [-0.15, -0.1) is 0 Å². The van der Waals surface area contributed by atoms with Crippen LogP contribution in [0.25, 0.3) is 6.08 Å². The molecule has 152 valence electrons. The van der Waals surface area contributed by atoms with Crippen molar-refractivity contribution in [2.45, 2.75) is 0 Å². The fourth-order valence-electron chi connectivity index (χ4n) is 2.70. The van der Waals surface area contributed by atoms with Crippen LogP contribution in [0.4, 0.5) is 4.39 Å². The number of hydrogen-bond donors (Lipinski definition) is 0. The van der Waals surface area contributed by atoms with E-state index in [2.05, 4.69) is 0 Å². The van der Waals surface area contributed by atoms with Crippen LogP contribution in [0.15, 0.2) is 72.8 Å². The van der Waals surface area contributed by atoms with Crippen molar-refractivity contribution < 1.29 is 28.2 Å². The first-order valence-electron chi connectivity index (χ1n) is 9.03. The molecule has 0 saturated carbocycles. The molecule has 0 heterocycles. The fourth-order valence-corrected chi connectivity index (χ4v) is 2.70. The van der Waals surface area contributed by atoms with Crippen molar-refractivity contribution in [3.63, 3.8) is 0 Å². The van der Waals surface area contributed by atoms with Crippen molar-refractivity contribution in [3.8, 4) is 17.2 Å². The number of ketones is 1. The maximum absolute atomic E-state index is 13.7. The standard InChI is InChI=1S/C24H19FO5/c1-28-22-14-8-16(15-23(22)29-2)7-13-21(26)17-9-11-18(12-10-17)30-24(27)19-5-3-4-6-20(19)25/h3-15H,1-2H3. The predicted molar refractivity (Wildman–Crippen MR) is 111 cm³/mol. The molecule has 30 heavy (non-hydrogen) atoms. The number of benzene rings is 3. The first-order chi connectivity index (χ1) is 14.5. The summed E-state index contributed by atoms with van der Waals surface area (Å²) in [5.41, 5.74) is 1.03. The lowest BCUT2D eigenvalue weighted by atomic mass is 10.1. The average Bonchev–Trinajstić information content (AvgIpc) is 2.78. The third-order valence-electron chi connectivity index (χ3n) is 4.28. The second-order valence-electron chi connectivity index (χ2n) is 6.21. The van der Waals surface area contributed by atoms with Crippen molar-refractivity contribution >= 4 is 17.8 Å². The van der Waals surface area contributed by atoms with Gasteiger partial charge in [0, 0.05) is 5.56 Å². The van der Waals surface area contributed by atoms with Gasteiger partial charge in [0.15, 0.2) is 17.3 Å². The number of methoxy groups -OCH3 is 2. The van der Waals surface area contributed by atoms with Gasteiger partial charge in [0.25, 0.3) is 0 Å². The fraction of sp³-hybridized carbons (Fsp3) is 0.0833. The number of carbonyl (C=O) groups is 2. The van der Waals surface area contributed by atoms with Gasteiger partial charge in [0.05, 0.1) is 19.8 Å². The molecule has 0 radical (unpaired) electrons. The molecule has 3 rings (SSSR count). The molecular weight excluding hydrogens is 387 g/mol. The Balaban J connectivity index is 1.67. The monoisotopic (exact) mass is 406 g/mol. The van der Waals surface area contributed by atoms with Crippen LogP contribution in [-0.4, -0.2) is 26.0 Å². The van der Waals surface area contributed by atoms with Gasteiger partial charge >= 0.3 is 5.97 Å². The molecule has 0 aromatic heterocycles. The predicted octanol–water partition coefficient (Wildman–Crippen LogP) is 4.96. The van der Waals surface area contributed by atoms with Gasteiger partial charge in [-0.1, -0.05) is 24.3 Å². The van der Waals surface area contributed by atoms with E-state index in [0.29, 0.717) is 17.1 Å². The molecule has 0 atom stereocenters. The van der Waals surface area contributed by atoms with Gasteiger partial charge in [-0.05, 0) is 60.2 Å². The first kappa shape index (κ1) is 20.8. The molecule has 0 bridgehead atoms. The molecule has 0 N–H and O–H groups in total. The Kier molecular flexibility index (Phi) is 6.60. The second kappa shape index (κ2) is 9.52. The molecule has 0 aliphatic rings. The molecule has 0 saturated heterocycles. The van der Waals surface area contributed by atoms with E-state index >= 15 is 0 Å². The van der Waals surface area contributed by atoms with Crippen molar-refractivity contribution in [2.75, 3.05) is 14.2 Å². The van der Waals surface area contributed by atoms with Crippen molar-refractivity contribution in [3.05, 3.63) is 95.3 Å². The van der Waals surface area contributed by atoms with Gasteiger partial charge in [-0.25, -0.2) is 9.18 Å². The number of ether oxygens (including phenoxy) is 3. The zero-order valence-electron chi connectivity index (χ0n) is 16.4. The Morgan fingerprint density at radius 2 is 1.57 bits per heavy atom. The van der Waals surface area contributed by atoms with Gasteiger partial charge < -0.3 is 14.2 Å². The van der Waals surface area contributed by atoms with E-state index in [4.69, 9.17) is 14.2 Å². The molecule has 0 fully saturated rings. The lowest BCUT2D eigenvalue weighted by molar-refractivity contribution is 0.0730. The highest BCUT2D eigenvalue weighted by Gasteiger charge is 2.13. The van der Waals surface area contributed by atoms with Crippen LogP contribution in [0, 0.1) is 5.82 Å². The summed E-state index contributed by atoms with van der Waals surface area (Å²) in [6.07, 6.45) is 3.10. The first-order valence-corrected chi connectivity index (χ1v) is 9.03. The molecule has 0 amide bonds. The van der Waals surface area contributed by atoms with Crippen LogP contribution in [0.3, 0.4) is 0 Å². The number of halogens is 1. The van der Waals surface area contributed by atoms with Crippen LogP contribution in [0.2, 0.25) is 0 Å². The highest BCUT2D eigenvalue weighted by molar-refractivity contribution is 6.07. The topological polar surface area (TPSA) is 61.8 Å². The number of esters is 1. The molecule has 0 aliphatic carbocycles. The molecule has 3 aromatic rings. The molecule has 3 aromatic carbocycles. The quantitative estimate of drug-likeness (QED) is 0.240. The maximum atomic E-state index is 13.7. The Morgan fingerprint density at radius 3 is 2.23 bits per heavy atom. The summed E-state index contributed by atoms with van der Waals surface area (Å²) in [5, 5.41) is 0. The summed E-state index contributed by atoms with van der Waals surface area (Å²) in [6, 6.07) is 16.9. The Morgan fingerprint density at radius 1 is 0.867 bits per heavy atom. The third-order valence-corrected chi connectivity index (χ3v) is 4.28. The van der Waals surface area contributed by atoms with E-state index in [9.17, 15) is 14.0 Å². The van der Waals surface area contributed by atoms with Crippen molar-refractivity contribution in [1.29, 1.82) is 0 Å². The molecular formula is C24H19FO5. The van der Waals surface area contributed by atoms with Crippen LogP contribution in [0.1, 0.15) is 26.3 Å². The number of carbonyl (C=O) groups excluding carboxylic acids is 2. The van der Waals surface area contributed by atoms with E-state index in [0.717, 1.165) is 5.56 Å². The molecule has 0 unspecified atom stereocenters. The Hall–Kier alpha value is -3.93. The normalized spacial score (nSPS) is 10.6. The lowest BCUT2D eigenvalue weighted by Crippen LogP contribution is -2.10. The zero-order valence-corrected chi connectivity index (χ0v) is 16.4. The smallest absolute Gasteiger partial charge is 0.346 e. The minimum absolute atomic E-state index is 0.157. The Labute approximate surface area is 173 Å². The number of hydrogen-bond acceptors (Lipinski definition) is 5. The zero-order chi connectivity index (χ0) is 21.5. The van der Waals surface area contributed by atoms with Crippen LogP contribution in [0.5, 0.6) is 17.2 Å². The molecule has 5 nitrogen and oxygen atoms in total. The SMILES string of the molecule is COc1ccc(C=CC(=O)c2ccc(OC(=O)c3ccccc3F)cc2)cc1OC. The molecule has 0 spiro atoms. The Bertz CT molecular complexity index is 1090. The lowest BCUT2D eigenvalue weighted by Gasteiger charge is -2.07. The highest BCUT2D eigenvalue weighted by Crippen LogP contribution is 2.28. The van der Waals surface area contributed by atoms with E-state index < -0.39 is 11.8 Å². The summed E-state index contributed by atoms with van der Waals surface area (Å²) in [6.45, 7) is 0. The number of rotatable bonds is 7. The summed E-state index contributed by atoms with van der Waals surface area (Å²) in [7, 11) is 3.09. The van der Waals surface area contributed by atoms with Crippen molar-refractivity contribution in [2.24, 2.45) is 0 Å². The third kappa shape index (κ3) is 4.91. The summed E-state index contributed by atoms with van der Waals surface area (Å²) in [5.74, 6) is -0.315. The maximum Gasteiger partial charge on any atom is 0.346 e. The highest BCUT2D eigenvalue weighted by atomic mass is 19.1. The van der Waals surface area contributed by atoms with Gasteiger partial charge in [-0.3, -0.25) is 4.79 Å². The van der Waals surface area contributed by atoms with Gasteiger partial charge in [0.2, 0.25) is 0 Å². The van der Waals surface area contributed by atoms with E-state index in [1.54, 1.807) is 37.5 Å². The molecule has 6 heteroatoms. The van der Waals surface area contributed by atoms with E-state index in [1.165, 1.54) is 55.7 Å². The minimum Gasteiger partial charge on any atom is -0.493 e. The van der Waals surface area contributed by atoms with Gasteiger partial charge in [-0.2, -0.15) is 0 Å². The minimum atomic E-state index is -0.805. The van der Waals surface area contributed by atoms with E-state index in [-0.39, 0.29) is 17.1 Å². The van der Waals surface area contributed by atoms with Crippen molar-refractivity contribution in [1.82, 2.24) is 0 Å². The van der Waals surface area contributed by atoms with E-state index in [1.807, 2.05) is 0 Å². The summed E-state index contributed by atoms with van der Waals surface area (Å²) < 4.78 is 29.2. The van der Waals surface area contributed by atoms with Crippen LogP contribution >= 0.6 is 0 Å². The average molecular weight is 406 g/mol. The van der Waals surface area contributed by atoms with Crippen LogP contribution < -0.4 is 14.2 Å². The van der Waals surface area contributed by atoms with Crippen LogP contribution in [-0.2, 0) is 0 Å². The summed E-state index contributed by atoms with van der Waals surface area (Å²) in [4.78, 5) is 24.4. The summed E-state index contributed by atoms with van der Waals surface area (Å²) >= 11 is 0.